The molecular formula is C73H51N. The van der Waals surface area contributed by atoms with Crippen LogP contribution < -0.4 is 4.90 Å². The van der Waals surface area contributed by atoms with Crippen LogP contribution in [-0.2, 0) is 10.8 Å². The summed E-state index contributed by atoms with van der Waals surface area (Å²) in [4.78, 5) is 2.44. The van der Waals surface area contributed by atoms with Gasteiger partial charge in [0.2, 0.25) is 0 Å². The number of hydrogen-bond acceptors (Lipinski definition) is 1. The molecule has 1 atom stereocenters. The maximum absolute atomic E-state index is 2.46. The van der Waals surface area contributed by atoms with Crippen LogP contribution in [0.1, 0.15) is 45.9 Å². The van der Waals surface area contributed by atoms with E-state index < -0.39 is 5.41 Å². The van der Waals surface area contributed by atoms with Crippen molar-refractivity contribution in [2.75, 3.05) is 4.90 Å². The number of nitrogens with zero attached hydrogens (tertiary/aromatic N) is 1. The van der Waals surface area contributed by atoms with Gasteiger partial charge in [-0.2, -0.15) is 0 Å². The molecule has 0 amide bonds. The number of rotatable bonds is 9. The molecule has 14 rings (SSSR count). The molecule has 1 heteroatoms. The van der Waals surface area contributed by atoms with Crippen LogP contribution >= 0.6 is 0 Å². The number of fused-ring (bicyclic) bond motifs is 7. The minimum absolute atomic E-state index is 0.312. The molecule has 12 aromatic rings. The molecule has 1 nitrogen and oxygen atoms in total. The van der Waals surface area contributed by atoms with Crippen molar-refractivity contribution in [2.45, 2.75) is 17.8 Å². The number of anilines is 3. The topological polar surface area (TPSA) is 3.24 Å². The van der Waals surface area contributed by atoms with Crippen molar-refractivity contribution in [3.63, 3.8) is 0 Å². The van der Waals surface area contributed by atoms with Gasteiger partial charge in [0.25, 0.3) is 0 Å². The molecule has 74 heavy (non-hydrogen) atoms. The normalized spacial score (nSPS) is 14.7. The largest absolute Gasteiger partial charge is 0.310 e. The van der Waals surface area contributed by atoms with E-state index >= 15 is 0 Å². The molecule has 0 saturated heterocycles. The molecular weight excluding hydrogens is 891 g/mol. The summed E-state index contributed by atoms with van der Waals surface area (Å²) < 4.78 is 0. The summed E-state index contributed by atoms with van der Waals surface area (Å²) in [5.74, 6) is 0. The van der Waals surface area contributed by atoms with E-state index in [1.54, 1.807) is 0 Å². The Bertz CT molecular complexity index is 4020. The first-order valence-electron chi connectivity index (χ1n) is 25.8. The van der Waals surface area contributed by atoms with Gasteiger partial charge in [0, 0.05) is 22.4 Å². The van der Waals surface area contributed by atoms with Gasteiger partial charge in [-0.1, -0.05) is 249 Å². The fourth-order valence-corrected chi connectivity index (χ4v) is 12.8. The lowest BCUT2D eigenvalue weighted by molar-refractivity contribution is 0.714. The molecule has 0 fully saturated rings. The third-order valence-electron chi connectivity index (χ3n) is 16.3. The van der Waals surface area contributed by atoms with Gasteiger partial charge in [0.15, 0.2) is 0 Å². The van der Waals surface area contributed by atoms with Gasteiger partial charge in [0.1, 0.15) is 0 Å². The highest BCUT2D eigenvalue weighted by molar-refractivity contribution is 5.98. The summed E-state index contributed by atoms with van der Waals surface area (Å²) in [6, 6.07) is 108. The average molecular weight is 942 g/mol. The Morgan fingerprint density at radius 1 is 0.270 bits per heavy atom. The van der Waals surface area contributed by atoms with Crippen LogP contribution in [0.4, 0.5) is 17.1 Å². The lowest BCUT2D eigenvalue weighted by atomic mass is 9.67. The Kier molecular flexibility index (Phi) is 10.3. The van der Waals surface area contributed by atoms with E-state index in [1.165, 1.54) is 105 Å². The predicted octanol–water partition coefficient (Wildman–Crippen LogP) is 19.0. The monoisotopic (exact) mass is 941 g/mol. The van der Waals surface area contributed by atoms with Gasteiger partial charge in [0.05, 0.1) is 11.1 Å². The molecule has 0 N–H and O–H groups in total. The van der Waals surface area contributed by atoms with Crippen molar-refractivity contribution in [2.24, 2.45) is 0 Å². The molecule has 0 heterocycles. The number of para-hydroxylation sites is 1. The number of benzene rings is 12. The van der Waals surface area contributed by atoms with E-state index in [4.69, 9.17) is 0 Å². The highest BCUT2D eigenvalue weighted by Crippen LogP contribution is 2.57. The number of hydrogen-bond donors (Lipinski definition) is 0. The maximum Gasteiger partial charge on any atom is 0.0713 e. The van der Waals surface area contributed by atoms with E-state index in [1.807, 2.05) is 0 Å². The zero-order valence-electron chi connectivity index (χ0n) is 41.2. The van der Waals surface area contributed by atoms with Gasteiger partial charge in [-0.3, -0.25) is 0 Å². The van der Waals surface area contributed by atoms with E-state index in [9.17, 15) is 0 Å². The highest BCUT2D eigenvalue weighted by Gasteiger charge is 2.46. The van der Waals surface area contributed by atoms with Crippen molar-refractivity contribution < 1.29 is 0 Å². The zero-order chi connectivity index (χ0) is 49.2. The van der Waals surface area contributed by atoms with E-state index in [0.29, 0.717) is 0 Å². The molecule has 0 aliphatic heterocycles. The van der Waals surface area contributed by atoms with Gasteiger partial charge in [-0.05, 0) is 149 Å². The van der Waals surface area contributed by atoms with E-state index in [0.717, 1.165) is 17.1 Å². The van der Waals surface area contributed by atoms with Crippen molar-refractivity contribution >= 4 is 27.8 Å². The second-order valence-corrected chi connectivity index (χ2v) is 20.1. The summed E-state index contributed by atoms with van der Waals surface area (Å²) in [6.45, 7) is 2.40. The highest BCUT2D eigenvalue weighted by atomic mass is 15.1. The van der Waals surface area contributed by atoms with Crippen LogP contribution in [0.5, 0.6) is 0 Å². The summed E-state index contributed by atoms with van der Waals surface area (Å²) in [5, 5.41) is 2.49. The Morgan fingerprint density at radius 3 is 1.39 bits per heavy atom. The van der Waals surface area contributed by atoms with Gasteiger partial charge < -0.3 is 4.90 Å². The minimum Gasteiger partial charge on any atom is -0.310 e. The van der Waals surface area contributed by atoms with Crippen LogP contribution in [0.15, 0.2) is 291 Å². The molecule has 348 valence electrons. The van der Waals surface area contributed by atoms with E-state index in [-0.39, 0.29) is 5.41 Å². The molecule has 0 aromatic heterocycles. The van der Waals surface area contributed by atoms with Crippen molar-refractivity contribution in [3.05, 3.63) is 330 Å². The maximum atomic E-state index is 2.46. The first-order valence-corrected chi connectivity index (χ1v) is 25.8. The average Bonchev–Trinajstić information content (AvgIpc) is 3.96. The lowest BCUT2D eigenvalue weighted by Crippen LogP contribution is -2.28. The fraction of sp³-hybridized carbons (Fsp3) is 0.0411. The molecule has 0 radical (unpaired) electrons. The van der Waals surface area contributed by atoms with Crippen LogP contribution in [0, 0.1) is 0 Å². The van der Waals surface area contributed by atoms with Crippen LogP contribution in [-0.4, -0.2) is 0 Å². The smallest absolute Gasteiger partial charge is 0.0713 e. The van der Waals surface area contributed by atoms with E-state index in [2.05, 4.69) is 303 Å². The van der Waals surface area contributed by atoms with Gasteiger partial charge in [-0.15, -0.1) is 0 Å². The van der Waals surface area contributed by atoms with Crippen LogP contribution in [0.2, 0.25) is 0 Å². The first-order chi connectivity index (χ1) is 36.6. The summed E-state index contributed by atoms with van der Waals surface area (Å²) in [6.07, 6.45) is 0. The zero-order valence-corrected chi connectivity index (χ0v) is 41.2. The molecule has 0 spiro atoms. The Balaban J connectivity index is 0.911. The second kappa shape index (κ2) is 17.5. The van der Waals surface area contributed by atoms with Crippen molar-refractivity contribution in [1.82, 2.24) is 0 Å². The predicted molar refractivity (Wildman–Crippen MR) is 310 cm³/mol. The summed E-state index contributed by atoms with van der Waals surface area (Å²) in [5.41, 5.74) is 23.9. The van der Waals surface area contributed by atoms with Gasteiger partial charge >= 0.3 is 0 Å². The molecule has 0 bridgehead atoms. The second-order valence-electron chi connectivity index (χ2n) is 20.1. The Labute approximate surface area is 434 Å². The third-order valence-corrected chi connectivity index (χ3v) is 16.3. The van der Waals surface area contributed by atoms with Crippen LogP contribution in [0.25, 0.3) is 66.4 Å². The third kappa shape index (κ3) is 6.70. The van der Waals surface area contributed by atoms with Crippen molar-refractivity contribution in [1.29, 1.82) is 0 Å². The Morgan fingerprint density at radius 2 is 0.716 bits per heavy atom. The standard InChI is InChI=1S/C73H51N/c1-72(55-22-5-2-6-23-55)67-33-16-13-30-63(67)65-47-41-54(49-69(65)72)62-29-15-18-35-71(62)74(59-44-38-52(39-45-59)61-32-19-21-51-20-11-12-28-60(51)61)58-42-36-50(37-43-58)53-40-46-66-64-31-14-17-34-68(64)73(70(66)48-53,56-24-7-3-8-25-56)57-26-9-4-10-27-57/h2-49H,1H3. The quantitative estimate of drug-likeness (QED) is 0.139. The van der Waals surface area contributed by atoms with Crippen molar-refractivity contribution in [3.8, 4) is 55.6 Å². The first kappa shape index (κ1) is 43.5. The molecule has 2 aliphatic rings. The summed E-state index contributed by atoms with van der Waals surface area (Å²) >= 11 is 0. The lowest BCUT2D eigenvalue weighted by Gasteiger charge is -2.34. The minimum atomic E-state index is -0.470. The SMILES string of the molecule is CC1(c2ccccc2)c2ccccc2-c2ccc(-c3ccccc3N(c3ccc(-c4ccc5c(c4)C(c4ccccc4)(c4ccccc4)c4ccccc4-5)cc3)c3ccc(-c4cccc5ccccc45)cc3)cc21. The molecule has 2 aliphatic carbocycles. The summed E-state index contributed by atoms with van der Waals surface area (Å²) in [7, 11) is 0. The van der Waals surface area contributed by atoms with Gasteiger partial charge in [-0.25, -0.2) is 0 Å². The van der Waals surface area contributed by atoms with Crippen LogP contribution in [0.3, 0.4) is 0 Å². The molecule has 0 saturated carbocycles. The molecule has 1 unspecified atom stereocenters. The Hall–Kier alpha value is -9.30. The fourth-order valence-electron chi connectivity index (χ4n) is 12.8. The molecule has 12 aromatic carbocycles.